The van der Waals surface area contributed by atoms with E-state index in [1.54, 1.807) is 22.7 Å². The first kappa shape index (κ1) is 8.52. The van der Waals surface area contributed by atoms with Gasteiger partial charge in [-0.15, -0.1) is 28.4 Å². The Morgan fingerprint density at radius 2 is 1.62 bits per heavy atom. The Morgan fingerprint density at radius 3 is 1.92 bits per heavy atom. The molecule has 0 N–H and O–H groups in total. The molecule has 0 saturated heterocycles. The zero-order valence-electron chi connectivity index (χ0n) is 6.99. The summed E-state index contributed by atoms with van der Waals surface area (Å²) in [5.41, 5.74) is 4.11. The molecule has 0 aliphatic carbocycles. The number of hydrogen-bond donors (Lipinski definition) is 0. The molecule has 0 fully saturated rings. The maximum Gasteiger partial charge on any atom is 0.0502 e. The summed E-state index contributed by atoms with van der Waals surface area (Å²) in [7, 11) is 0. The van der Waals surface area contributed by atoms with E-state index in [1.807, 2.05) is 12.1 Å². The summed E-state index contributed by atoms with van der Waals surface area (Å²) < 4.78 is 0. The van der Waals surface area contributed by atoms with Crippen LogP contribution in [-0.4, -0.2) is 0 Å². The lowest BCUT2D eigenvalue weighted by Crippen LogP contribution is -1.75. The fourth-order valence-corrected chi connectivity index (χ4v) is 2.72. The van der Waals surface area contributed by atoms with Gasteiger partial charge in [-0.05, 0) is 22.9 Å². The van der Waals surface area contributed by atoms with Gasteiger partial charge in [0, 0.05) is 9.75 Å². The Bertz CT molecular complexity index is 378. The molecule has 0 aliphatic heterocycles. The molecule has 0 aliphatic rings. The fourth-order valence-electron chi connectivity index (χ4n) is 1.14. The molecule has 2 aromatic heterocycles. The lowest BCUT2D eigenvalue weighted by Gasteiger charge is -1.96. The molecular weight excluding hydrogens is 196 g/mol. The highest BCUT2D eigenvalue weighted by Crippen LogP contribution is 2.28. The van der Waals surface area contributed by atoms with E-state index in [4.69, 9.17) is 0 Å². The van der Waals surface area contributed by atoms with Crippen molar-refractivity contribution in [1.29, 1.82) is 0 Å². The quantitative estimate of drug-likeness (QED) is 0.648. The molecule has 13 heavy (non-hydrogen) atoms. The van der Waals surface area contributed by atoms with Gasteiger partial charge in [0.1, 0.15) is 0 Å². The molecule has 0 aromatic carbocycles. The van der Waals surface area contributed by atoms with Crippen LogP contribution in [0.1, 0.15) is 9.75 Å². The molecule has 0 radical (unpaired) electrons. The molecular formula is C11H8S2. The second-order valence-corrected chi connectivity index (χ2v) is 4.40. The van der Waals surface area contributed by atoms with Crippen molar-refractivity contribution in [1.82, 2.24) is 0 Å². The summed E-state index contributed by atoms with van der Waals surface area (Å²) >= 11 is 3.44. The molecule has 2 aromatic rings. The molecule has 0 nitrogen and oxygen atoms in total. The van der Waals surface area contributed by atoms with E-state index in [0.717, 1.165) is 5.57 Å². The Kier molecular flexibility index (Phi) is 2.46. The monoisotopic (exact) mass is 204 g/mol. The van der Waals surface area contributed by atoms with E-state index in [-0.39, 0.29) is 0 Å². The highest BCUT2D eigenvalue weighted by Gasteiger charge is 2.04. The van der Waals surface area contributed by atoms with Crippen LogP contribution in [0.2, 0.25) is 0 Å². The van der Waals surface area contributed by atoms with E-state index in [9.17, 15) is 0 Å². The molecule has 0 bridgehead atoms. The van der Waals surface area contributed by atoms with Crippen molar-refractivity contribution in [2.24, 2.45) is 0 Å². The molecule has 0 atom stereocenters. The highest BCUT2D eigenvalue weighted by atomic mass is 32.1. The van der Waals surface area contributed by atoms with Crippen LogP contribution in [0.15, 0.2) is 47.3 Å². The van der Waals surface area contributed by atoms with E-state index >= 15 is 0 Å². The lowest BCUT2D eigenvalue weighted by molar-refractivity contribution is 1.80. The van der Waals surface area contributed by atoms with Crippen LogP contribution >= 0.6 is 22.7 Å². The standard InChI is InChI=1S/C11H8S2/c1-2-9(10-5-3-7-12-10)11-6-4-8-13-11/h3-8H,1H2. The summed E-state index contributed by atoms with van der Waals surface area (Å²) in [5.74, 6) is 0. The highest BCUT2D eigenvalue weighted by molar-refractivity contribution is 7.13. The average molecular weight is 204 g/mol. The SMILES string of the molecule is C=C=C(c1cccs1)c1cccs1. The first-order valence-electron chi connectivity index (χ1n) is 3.89. The molecule has 0 unspecified atom stereocenters. The van der Waals surface area contributed by atoms with Crippen LogP contribution in [0.3, 0.4) is 0 Å². The number of hydrogen-bond acceptors (Lipinski definition) is 2. The molecule has 2 rings (SSSR count). The topological polar surface area (TPSA) is 0 Å². The summed E-state index contributed by atoms with van der Waals surface area (Å²) in [6, 6.07) is 8.28. The molecule has 0 saturated carbocycles. The Morgan fingerprint density at radius 1 is 1.08 bits per heavy atom. The third-order valence-corrected chi connectivity index (χ3v) is 3.49. The van der Waals surface area contributed by atoms with E-state index in [1.165, 1.54) is 9.75 Å². The predicted molar refractivity (Wildman–Crippen MR) is 60.3 cm³/mol. The largest absolute Gasteiger partial charge is 0.143 e. The van der Waals surface area contributed by atoms with E-state index < -0.39 is 0 Å². The van der Waals surface area contributed by atoms with Crippen LogP contribution in [-0.2, 0) is 0 Å². The number of thiophene rings is 2. The van der Waals surface area contributed by atoms with Crippen molar-refractivity contribution in [3.8, 4) is 0 Å². The van der Waals surface area contributed by atoms with Gasteiger partial charge in [0.2, 0.25) is 0 Å². The van der Waals surface area contributed by atoms with Crippen molar-refractivity contribution in [3.63, 3.8) is 0 Å². The summed E-state index contributed by atoms with van der Waals surface area (Å²) in [6.07, 6.45) is 0. The van der Waals surface area contributed by atoms with Gasteiger partial charge in [0.25, 0.3) is 0 Å². The van der Waals surface area contributed by atoms with Gasteiger partial charge >= 0.3 is 0 Å². The van der Waals surface area contributed by atoms with Crippen LogP contribution in [0.5, 0.6) is 0 Å². The second kappa shape index (κ2) is 3.75. The minimum absolute atomic E-state index is 1.12. The summed E-state index contributed by atoms with van der Waals surface area (Å²) in [6.45, 7) is 3.72. The van der Waals surface area contributed by atoms with Crippen LogP contribution in [0.25, 0.3) is 5.57 Å². The average Bonchev–Trinajstić information content (AvgIpc) is 2.76. The smallest absolute Gasteiger partial charge is 0.0502 e. The van der Waals surface area contributed by atoms with E-state index in [2.05, 4.69) is 35.2 Å². The maximum absolute atomic E-state index is 3.72. The zero-order valence-corrected chi connectivity index (χ0v) is 8.62. The third-order valence-electron chi connectivity index (χ3n) is 1.71. The Labute approximate surface area is 85.5 Å². The van der Waals surface area contributed by atoms with Gasteiger partial charge < -0.3 is 0 Å². The third kappa shape index (κ3) is 1.65. The Hall–Kier alpha value is -1.08. The van der Waals surface area contributed by atoms with Gasteiger partial charge in [-0.2, -0.15) is 0 Å². The zero-order chi connectivity index (χ0) is 9.10. The van der Waals surface area contributed by atoms with Crippen molar-refractivity contribution in [2.75, 3.05) is 0 Å². The van der Waals surface area contributed by atoms with Crippen molar-refractivity contribution >= 4 is 28.2 Å². The van der Waals surface area contributed by atoms with Gasteiger partial charge in [-0.1, -0.05) is 18.7 Å². The first-order valence-corrected chi connectivity index (χ1v) is 5.65. The Balaban J connectivity index is 2.48. The molecule has 64 valence electrons. The van der Waals surface area contributed by atoms with Gasteiger partial charge in [-0.3, -0.25) is 0 Å². The minimum Gasteiger partial charge on any atom is -0.143 e. The second-order valence-electron chi connectivity index (χ2n) is 2.51. The molecule has 2 heteroatoms. The van der Waals surface area contributed by atoms with Crippen molar-refractivity contribution < 1.29 is 0 Å². The fraction of sp³-hybridized carbons (Fsp3) is 0. The summed E-state index contributed by atoms with van der Waals surface area (Å²) in [4.78, 5) is 2.47. The van der Waals surface area contributed by atoms with Crippen molar-refractivity contribution in [3.05, 3.63) is 57.1 Å². The van der Waals surface area contributed by atoms with Crippen molar-refractivity contribution in [2.45, 2.75) is 0 Å². The lowest BCUT2D eigenvalue weighted by atomic mass is 10.2. The van der Waals surface area contributed by atoms with E-state index in [0.29, 0.717) is 0 Å². The van der Waals surface area contributed by atoms with Gasteiger partial charge in [-0.25, -0.2) is 0 Å². The minimum atomic E-state index is 1.12. The maximum atomic E-state index is 3.72. The normalized spacial score (nSPS) is 9.54. The summed E-state index contributed by atoms with van der Waals surface area (Å²) in [5, 5.41) is 4.14. The van der Waals surface area contributed by atoms with Crippen LogP contribution in [0, 0.1) is 0 Å². The first-order chi connectivity index (χ1) is 6.42. The van der Waals surface area contributed by atoms with Gasteiger partial charge in [0.15, 0.2) is 0 Å². The van der Waals surface area contributed by atoms with Crippen LogP contribution in [0.4, 0.5) is 0 Å². The molecule has 0 amide bonds. The number of rotatable bonds is 2. The van der Waals surface area contributed by atoms with Crippen LogP contribution < -0.4 is 0 Å². The molecule has 2 heterocycles. The van der Waals surface area contributed by atoms with Gasteiger partial charge in [0.05, 0.1) is 5.57 Å². The molecule has 0 spiro atoms. The predicted octanol–water partition coefficient (Wildman–Crippen LogP) is 4.03.